The summed E-state index contributed by atoms with van der Waals surface area (Å²) in [6, 6.07) is 5.26. The second-order valence-corrected chi connectivity index (χ2v) is 3.46. The molecule has 3 heteroatoms. The van der Waals surface area contributed by atoms with Gasteiger partial charge >= 0.3 is 0 Å². The van der Waals surface area contributed by atoms with E-state index in [2.05, 4.69) is 6.92 Å². The standard InChI is InChI=1S/C10H14ClNO/c1-3-7(2)13-10-5-4-8(11)6-9(10)12/h4-7H,3,12H2,1-2H3/t7-/m1/s1. The fraction of sp³-hybridized carbons (Fsp3) is 0.400. The minimum atomic E-state index is 0.184. The Morgan fingerprint density at radius 3 is 2.77 bits per heavy atom. The average Bonchev–Trinajstić information content (AvgIpc) is 2.09. The molecular weight excluding hydrogens is 186 g/mol. The molecule has 13 heavy (non-hydrogen) atoms. The maximum atomic E-state index is 5.75. The molecule has 2 N–H and O–H groups in total. The SMILES string of the molecule is CC[C@@H](C)Oc1ccc(Cl)cc1N. The van der Waals surface area contributed by atoms with E-state index in [0.717, 1.165) is 6.42 Å². The van der Waals surface area contributed by atoms with E-state index in [0.29, 0.717) is 16.5 Å². The quantitative estimate of drug-likeness (QED) is 0.760. The first-order valence-corrected chi connectivity index (χ1v) is 4.73. The molecule has 0 fully saturated rings. The van der Waals surface area contributed by atoms with Gasteiger partial charge in [-0.25, -0.2) is 0 Å². The second-order valence-electron chi connectivity index (χ2n) is 3.02. The van der Waals surface area contributed by atoms with Crippen molar-refractivity contribution in [3.63, 3.8) is 0 Å². The van der Waals surface area contributed by atoms with Crippen LogP contribution in [0.2, 0.25) is 5.02 Å². The zero-order valence-corrected chi connectivity index (χ0v) is 8.64. The lowest BCUT2D eigenvalue weighted by molar-refractivity contribution is 0.219. The van der Waals surface area contributed by atoms with Gasteiger partial charge in [0.05, 0.1) is 11.8 Å². The number of nitrogens with two attached hydrogens (primary N) is 1. The molecule has 1 aromatic carbocycles. The van der Waals surface area contributed by atoms with Crippen molar-refractivity contribution in [3.8, 4) is 5.75 Å². The summed E-state index contributed by atoms with van der Waals surface area (Å²) in [6.45, 7) is 4.07. The fourth-order valence-electron chi connectivity index (χ4n) is 0.927. The normalized spacial score (nSPS) is 12.5. The van der Waals surface area contributed by atoms with Crippen molar-refractivity contribution in [2.45, 2.75) is 26.4 Å². The molecule has 1 aromatic rings. The number of nitrogen functional groups attached to an aromatic ring is 1. The summed E-state index contributed by atoms with van der Waals surface area (Å²) in [6.07, 6.45) is 1.14. The van der Waals surface area contributed by atoms with Crippen molar-refractivity contribution in [1.29, 1.82) is 0 Å². The Hall–Kier alpha value is -0.890. The minimum absolute atomic E-state index is 0.184. The number of hydrogen-bond donors (Lipinski definition) is 1. The van der Waals surface area contributed by atoms with Gasteiger partial charge in [-0.15, -0.1) is 0 Å². The van der Waals surface area contributed by atoms with Gasteiger partial charge in [0.1, 0.15) is 5.75 Å². The highest BCUT2D eigenvalue weighted by Gasteiger charge is 2.04. The number of hydrogen-bond acceptors (Lipinski definition) is 2. The van der Waals surface area contributed by atoms with E-state index in [1.807, 2.05) is 6.92 Å². The first kappa shape index (κ1) is 10.2. The largest absolute Gasteiger partial charge is 0.489 e. The number of halogens is 1. The Labute approximate surface area is 83.6 Å². The molecule has 1 atom stereocenters. The third kappa shape index (κ3) is 2.81. The zero-order valence-electron chi connectivity index (χ0n) is 7.88. The van der Waals surface area contributed by atoms with Gasteiger partial charge in [0, 0.05) is 5.02 Å². The minimum Gasteiger partial charge on any atom is -0.489 e. The number of benzene rings is 1. The predicted molar refractivity (Wildman–Crippen MR) is 56.2 cm³/mol. The third-order valence-corrected chi connectivity index (χ3v) is 2.11. The number of rotatable bonds is 3. The molecule has 0 heterocycles. The van der Waals surface area contributed by atoms with Crippen LogP contribution >= 0.6 is 11.6 Å². The van der Waals surface area contributed by atoms with Gasteiger partial charge in [-0.3, -0.25) is 0 Å². The highest BCUT2D eigenvalue weighted by Crippen LogP contribution is 2.26. The van der Waals surface area contributed by atoms with E-state index in [9.17, 15) is 0 Å². The predicted octanol–water partition coefficient (Wildman–Crippen LogP) is 3.10. The molecule has 0 radical (unpaired) electrons. The molecule has 72 valence electrons. The maximum absolute atomic E-state index is 5.75. The van der Waals surface area contributed by atoms with Crippen molar-refractivity contribution in [1.82, 2.24) is 0 Å². The fourth-order valence-corrected chi connectivity index (χ4v) is 1.11. The van der Waals surface area contributed by atoms with Crippen LogP contribution in [0.5, 0.6) is 5.75 Å². The van der Waals surface area contributed by atoms with Crippen molar-refractivity contribution < 1.29 is 4.74 Å². The Morgan fingerprint density at radius 1 is 1.54 bits per heavy atom. The summed E-state index contributed by atoms with van der Waals surface area (Å²) < 4.78 is 5.57. The highest BCUT2D eigenvalue weighted by molar-refractivity contribution is 6.30. The third-order valence-electron chi connectivity index (χ3n) is 1.87. The van der Waals surface area contributed by atoms with E-state index in [4.69, 9.17) is 22.1 Å². The van der Waals surface area contributed by atoms with E-state index in [1.165, 1.54) is 0 Å². The van der Waals surface area contributed by atoms with Crippen LogP contribution in [0.1, 0.15) is 20.3 Å². The van der Waals surface area contributed by atoms with Gasteiger partial charge in [0.15, 0.2) is 0 Å². The van der Waals surface area contributed by atoms with Crippen molar-refractivity contribution >= 4 is 17.3 Å². The first-order valence-electron chi connectivity index (χ1n) is 4.35. The molecule has 0 aliphatic heterocycles. The highest BCUT2D eigenvalue weighted by atomic mass is 35.5. The Kier molecular flexibility index (Phi) is 3.43. The van der Waals surface area contributed by atoms with Crippen LogP contribution in [0.3, 0.4) is 0 Å². The van der Waals surface area contributed by atoms with Crippen LogP contribution in [0.4, 0.5) is 5.69 Å². The molecule has 0 spiro atoms. The molecule has 0 saturated heterocycles. The average molecular weight is 200 g/mol. The first-order chi connectivity index (χ1) is 6.13. The summed E-state index contributed by atoms with van der Waals surface area (Å²) in [5, 5.41) is 0.633. The van der Waals surface area contributed by atoms with Gasteiger partial charge in [-0.05, 0) is 31.5 Å². The lowest BCUT2D eigenvalue weighted by atomic mass is 10.3. The summed E-state index contributed by atoms with van der Waals surface area (Å²) in [7, 11) is 0. The van der Waals surface area contributed by atoms with Crippen molar-refractivity contribution in [3.05, 3.63) is 23.2 Å². The Bertz CT molecular complexity index is 288. The van der Waals surface area contributed by atoms with Crippen molar-refractivity contribution in [2.24, 2.45) is 0 Å². The zero-order chi connectivity index (χ0) is 9.84. The van der Waals surface area contributed by atoms with Gasteiger partial charge in [0.25, 0.3) is 0 Å². The topological polar surface area (TPSA) is 35.2 Å². The summed E-state index contributed by atoms with van der Waals surface area (Å²) in [5.41, 5.74) is 6.31. The van der Waals surface area contributed by atoms with Crippen LogP contribution in [-0.2, 0) is 0 Å². The second kappa shape index (κ2) is 4.38. The van der Waals surface area contributed by atoms with Crippen LogP contribution in [-0.4, -0.2) is 6.10 Å². The van der Waals surface area contributed by atoms with Gasteiger partial charge < -0.3 is 10.5 Å². The Balaban J connectivity index is 2.77. The summed E-state index contributed by atoms with van der Waals surface area (Å²) in [4.78, 5) is 0. The van der Waals surface area contributed by atoms with E-state index >= 15 is 0 Å². The number of anilines is 1. The lowest BCUT2D eigenvalue weighted by Gasteiger charge is -2.14. The molecule has 0 aromatic heterocycles. The molecule has 0 saturated carbocycles. The number of ether oxygens (including phenoxy) is 1. The summed E-state index contributed by atoms with van der Waals surface area (Å²) >= 11 is 5.75. The lowest BCUT2D eigenvalue weighted by Crippen LogP contribution is -2.10. The van der Waals surface area contributed by atoms with Crippen LogP contribution in [0, 0.1) is 0 Å². The van der Waals surface area contributed by atoms with E-state index in [1.54, 1.807) is 18.2 Å². The maximum Gasteiger partial charge on any atom is 0.142 e. The van der Waals surface area contributed by atoms with E-state index < -0.39 is 0 Å². The Morgan fingerprint density at radius 2 is 2.23 bits per heavy atom. The van der Waals surface area contributed by atoms with Gasteiger partial charge in [0.2, 0.25) is 0 Å². The summed E-state index contributed by atoms with van der Waals surface area (Å²) in [5.74, 6) is 0.707. The molecule has 0 bridgehead atoms. The smallest absolute Gasteiger partial charge is 0.142 e. The van der Waals surface area contributed by atoms with Gasteiger partial charge in [-0.1, -0.05) is 18.5 Å². The van der Waals surface area contributed by atoms with E-state index in [-0.39, 0.29) is 6.10 Å². The van der Waals surface area contributed by atoms with Crippen LogP contribution < -0.4 is 10.5 Å². The van der Waals surface area contributed by atoms with Crippen LogP contribution in [0.15, 0.2) is 18.2 Å². The molecule has 0 amide bonds. The molecule has 2 nitrogen and oxygen atoms in total. The monoisotopic (exact) mass is 199 g/mol. The van der Waals surface area contributed by atoms with Gasteiger partial charge in [-0.2, -0.15) is 0 Å². The molecule has 1 rings (SSSR count). The molecule has 0 unspecified atom stereocenters. The molecular formula is C10H14ClNO. The molecule has 0 aliphatic carbocycles. The van der Waals surface area contributed by atoms with Crippen molar-refractivity contribution in [2.75, 3.05) is 5.73 Å². The molecule has 0 aliphatic rings. The van der Waals surface area contributed by atoms with Crippen LogP contribution in [0.25, 0.3) is 0 Å².